The van der Waals surface area contributed by atoms with Crippen LogP contribution >= 0.6 is 28.1 Å². The number of carbonyl (C=O) groups excluding carboxylic acids is 1. The van der Waals surface area contributed by atoms with Crippen LogP contribution in [0.2, 0.25) is 0 Å². The Bertz CT molecular complexity index is 502. The third kappa shape index (κ3) is 2.32. The van der Waals surface area contributed by atoms with Crippen molar-refractivity contribution in [3.8, 4) is 0 Å². The monoisotopic (exact) mass is 316 g/mol. The van der Waals surface area contributed by atoms with E-state index in [0.717, 1.165) is 0 Å². The highest BCUT2D eigenvalue weighted by Crippen LogP contribution is 2.47. The van der Waals surface area contributed by atoms with E-state index in [1.54, 1.807) is 0 Å². The lowest BCUT2D eigenvalue weighted by molar-refractivity contribution is -0.118. The first-order valence-corrected chi connectivity index (χ1v) is 6.22. The molecule has 0 saturated heterocycles. The maximum Gasteiger partial charge on any atom is 0.237 e. The summed E-state index contributed by atoms with van der Waals surface area (Å²) in [6.45, 7) is 0. The van der Waals surface area contributed by atoms with Crippen molar-refractivity contribution in [1.29, 1.82) is 0 Å². The Morgan fingerprint density at radius 2 is 2.18 bits per heavy atom. The summed E-state index contributed by atoms with van der Waals surface area (Å²) in [5, 5.41) is 2.70. The number of hydrogen-bond donors (Lipinski definition) is 2. The Morgan fingerprint density at radius 1 is 1.53 bits per heavy atom. The van der Waals surface area contributed by atoms with Crippen LogP contribution in [0.5, 0.6) is 0 Å². The van der Waals surface area contributed by atoms with Crippen LogP contribution in [0, 0.1) is 11.2 Å². The number of anilines is 1. The first-order valence-electron chi connectivity index (χ1n) is 5.02. The normalized spacial score (nSPS) is 16.4. The van der Waals surface area contributed by atoms with Crippen molar-refractivity contribution in [3.05, 3.63) is 28.5 Å². The summed E-state index contributed by atoms with van der Waals surface area (Å²) in [5.74, 6) is -0.595. The summed E-state index contributed by atoms with van der Waals surface area (Å²) < 4.78 is 13.4. The van der Waals surface area contributed by atoms with Crippen LogP contribution in [0.1, 0.15) is 12.8 Å². The van der Waals surface area contributed by atoms with Gasteiger partial charge in [0.25, 0.3) is 0 Å². The van der Waals surface area contributed by atoms with Gasteiger partial charge >= 0.3 is 0 Å². The molecule has 17 heavy (non-hydrogen) atoms. The van der Waals surface area contributed by atoms with Gasteiger partial charge in [0.2, 0.25) is 5.91 Å². The molecule has 6 heteroatoms. The van der Waals surface area contributed by atoms with Crippen molar-refractivity contribution >= 4 is 44.7 Å². The fraction of sp³-hybridized carbons (Fsp3) is 0.273. The molecule has 2 rings (SSSR count). The summed E-state index contributed by atoms with van der Waals surface area (Å²) in [7, 11) is 0. The summed E-state index contributed by atoms with van der Waals surface area (Å²) >= 11 is 8.07. The van der Waals surface area contributed by atoms with E-state index in [4.69, 9.17) is 18.0 Å². The van der Waals surface area contributed by atoms with Crippen molar-refractivity contribution in [2.24, 2.45) is 11.1 Å². The van der Waals surface area contributed by atoms with Gasteiger partial charge in [0, 0.05) is 4.47 Å². The summed E-state index contributed by atoms with van der Waals surface area (Å²) in [6.07, 6.45) is 1.35. The number of halogens is 2. The molecule has 0 heterocycles. The molecule has 0 aliphatic heterocycles. The molecule has 1 amide bonds. The van der Waals surface area contributed by atoms with Gasteiger partial charge in [-0.3, -0.25) is 4.79 Å². The molecule has 3 nitrogen and oxygen atoms in total. The van der Waals surface area contributed by atoms with Gasteiger partial charge in [-0.2, -0.15) is 0 Å². The van der Waals surface area contributed by atoms with Crippen LogP contribution in [0.25, 0.3) is 0 Å². The van der Waals surface area contributed by atoms with Crippen LogP contribution in [0.4, 0.5) is 10.1 Å². The topological polar surface area (TPSA) is 55.1 Å². The second-order valence-corrected chi connectivity index (χ2v) is 5.32. The van der Waals surface area contributed by atoms with E-state index in [1.807, 2.05) is 0 Å². The van der Waals surface area contributed by atoms with E-state index in [0.29, 0.717) is 23.0 Å². The molecule has 0 bridgehead atoms. The Kier molecular flexibility index (Phi) is 3.18. The molecule has 1 aromatic carbocycles. The molecule has 1 aliphatic rings. The molecule has 0 spiro atoms. The molecule has 3 N–H and O–H groups in total. The molecule has 0 atom stereocenters. The summed E-state index contributed by atoms with van der Waals surface area (Å²) in [4.78, 5) is 12.2. The molecular formula is C11H10BrFN2OS. The molecule has 1 aromatic rings. The van der Waals surface area contributed by atoms with Gasteiger partial charge in [-0.25, -0.2) is 4.39 Å². The number of nitrogens with two attached hydrogens (primary N) is 1. The Labute approximate surface area is 112 Å². The molecule has 90 valence electrons. The molecule has 0 aromatic heterocycles. The highest BCUT2D eigenvalue weighted by molar-refractivity contribution is 9.10. The molecule has 0 radical (unpaired) electrons. The van der Waals surface area contributed by atoms with Gasteiger partial charge in [0.1, 0.15) is 5.82 Å². The quantitative estimate of drug-likeness (QED) is 0.843. The SMILES string of the molecule is NC(=S)C1(C(=O)Nc2ccc(F)cc2Br)CC1. The second-order valence-electron chi connectivity index (χ2n) is 4.02. The maximum absolute atomic E-state index is 12.9. The van der Waals surface area contributed by atoms with E-state index < -0.39 is 5.41 Å². The number of benzene rings is 1. The lowest BCUT2D eigenvalue weighted by atomic mass is 10.1. The smallest absolute Gasteiger partial charge is 0.237 e. The van der Waals surface area contributed by atoms with Crippen molar-refractivity contribution < 1.29 is 9.18 Å². The molecule has 1 fully saturated rings. The molecule has 1 saturated carbocycles. The average Bonchev–Trinajstić information content (AvgIpc) is 3.02. The number of hydrogen-bond acceptors (Lipinski definition) is 2. The Hall–Kier alpha value is -1.01. The van der Waals surface area contributed by atoms with Gasteiger partial charge in [0.05, 0.1) is 16.1 Å². The number of nitrogens with one attached hydrogen (secondary N) is 1. The van der Waals surface area contributed by atoms with Crippen LogP contribution < -0.4 is 11.1 Å². The third-order valence-corrected chi connectivity index (χ3v) is 3.88. The summed E-state index contributed by atoms with van der Waals surface area (Å²) in [6, 6.07) is 4.06. The highest BCUT2D eigenvalue weighted by Gasteiger charge is 2.52. The molecule has 1 aliphatic carbocycles. The molecular weight excluding hydrogens is 307 g/mol. The van der Waals surface area contributed by atoms with E-state index in [2.05, 4.69) is 21.2 Å². The number of rotatable bonds is 3. The fourth-order valence-electron chi connectivity index (χ4n) is 1.54. The lowest BCUT2D eigenvalue weighted by Gasteiger charge is -2.14. The van der Waals surface area contributed by atoms with Gasteiger partial charge in [-0.15, -0.1) is 0 Å². The first-order chi connectivity index (χ1) is 7.95. The van der Waals surface area contributed by atoms with Crippen molar-refractivity contribution in [2.75, 3.05) is 5.32 Å². The fourth-order valence-corrected chi connectivity index (χ4v) is 2.29. The zero-order valence-electron chi connectivity index (χ0n) is 8.80. The summed E-state index contributed by atoms with van der Waals surface area (Å²) in [5.41, 5.74) is 5.36. The minimum atomic E-state index is -0.705. The van der Waals surface area contributed by atoms with Gasteiger partial charge in [0.15, 0.2) is 0 Å². The van der Waals surface area contributed by atoms with Gasteiger partial charge in [-0.05, 0) is 47.0 Å². The van der Waals surface area contributed by atoms with Crippen LogP contribution in [-0.2, 0) is 4.79 Å². The van der Waals surface area contributed by atoms with Crippen LogP contribution in [0.15, 0.2) is 22.7 Å². The van der Waals surface area contributed by atoms with Crippen molar-refractivity contribution in [3.63, 3.8) is 0 Å². The number of carbonyl (C=O) groups is 1. The van der Waals surface area contributed by atoms with Crippen LogP contribution in [-0.4, -0.2) is 10.9 Å². The largest absolute Gasteiger partial charge is 0.392 e. The zero-order valence-corrected chi connectivity index (χ0v) is 11.2. The third-order valence-electron chi connectivity index (χ3n) is 2.84. The number of amides is 1. The standard InChI is InChI=1S/C11H10BrFN2OS/c12-7-5-6(13)1-2-8(7)15-10(16)11(3-4-11)9(14)17/h1-2,5H,3-4H2,(H2,14,17)(H,15,16). The average molecular weight is 317 g/mol. The Morgan fingerprint density at radius 3 is 2.65 bits per heavy atom. The van der Waals surface area contributed by atoms with E-state index in [-0.39, 0.29) is 16.7 Å². The van der Waals surface area contributed by atoms with E-state index in [9.17, 15) is 9.18 Å². The van der Waals surface area contributed by atoms with Crippen molar-refractivity contribution in [1.82, 2.24) is 0 Å². The minimum Gasteiger partial charge on any atom is -0.392 e. The maximum atomic E-state index is 12.9. The number of thiocarbonyl (C=S) groups is 1. The first kappa shape index (κ1) is 12.4. The van der Waals surface area contributed by atoms with Crippen molar-refractivity contribution in [2.45, 2.75) is 12.8 Å². The highest BCUT2D eigenvalue weighted by atomic mass is 79.9. The Balaban J connectivity index is 2.17. The second kappa shape index (κ2) is 4.34. The predicted octanol–water partition coefficient (Wildman–Crippen LogP) is 2.59. The molecule has 0 unspecified atom stereocenters. The van der Waals surface area contributed by atoms with Crippen LogP contribution in [0.3, 0.4) is 0 Å². The van der Waals surface area contributed by atoms with E-state index in [1.165, 1.54) is 18.2 Å². The minimum absolute atomic E-state index is 0.216. The lowest BCUT2D eigenvalue weighted by Crippen LogP contribution is -2.35. The van der Waals surface area contributed by atoms with E-state index >= 15 is 0 Å². The van der Waals surface area contributed by atoms with Gasteiger partial charge < -0.3 is 11.1 Å². The van der Waals surface area contributed by atoms with Gasteiger partial charge in [-0.1, -0.05) is 12.2 Å². The zero-order chi connectivity index (χ0) is 12.6. The predicted molar refractivity (Wildman–Crippen MR) is 71.2 cm³/mol.